The van der Waals surface area contributed by atoms with Crippen LogP contribution >= 0.6 is 0 Å². The molecule has 0 N–H and O–H groups in total. The molecule has 37 heavy (non-hydrogen) atoms. The number of methoxy groups -OCH3 is 1. The number of anilines is 1. The summed E-state index contributed by atoms with van der Waals surface area (Å²) in [5, 5.41) is 4.52. The summed E-state index contributed by atoms with van der Waals surface area (Å²) in [6, 6.07) is 4.01. The quantitative estimate of drug-likeness (QED) is 0.467. The Balaban J connectivity index is 0.000000730. The molecule has 3 aromatic heterocycles. The fourth-order valence-corrected chi connectivity index (χ4v) is 4.16. The summed E-state index contributed by atoms with van der Waals surface area (Å²) in [4.78, 5) is 25.9. The van der Waals surface area contributed by atoms with E-state index >= 15 is 0 Å². The zero-order valence-electron chi connectivity index (χ0n) is 23.0. The van der Waals surface area contributed by atoms with Gasteiger partial charge in [0.15, 0.2) is 17.2 Å². The van der Waals surface area contributed by atoms with Crippen LogP contribution in [0.1, 0.15) is 59.6 Å². The number of nitrogens with zero attached hydrogens (tertiary/aromatic N) is 6. The third kappa shape index (κ3) is 6.70. The van der Waals surface area contributed by atoms with Crippen molar-refractivity contribution in [3.63, 3.8) is 0 Å². The van der Waals surface area contributed by atoms with Gasteiger partial charge in [-0.05, 0) is 39.2 Å². The number of carbonyl (C=O) groups excluding carboxylic acids is 1. The molecule has 0 bridgehead atoms. The molecule has 9 heteroatoms. The first-order chi connectivity index (χ1) is 17.7. The maximum absolute atomic E-state index is 12.4. The summed E-state index contributed by atoms with van der Waals surface area (Å²) in [5.74, 6) is 2.47. The van der Waals surface area contributed by atoms with E-state index in [0.29, 0.717) is 31.9 Å². The van der Waals surface area contributed by atoms with Crippen LogP contribution in [0.5, 0.6) is 5.75 Å². The minimum absolute atomic E-state index is 0.282. The van der Waals surface area contributed by atoms with E-state index in [1.54, 1.807) is 16.5 Å². The fourth-order valence-electron chi connectivity index (χ4n) is 4.16. The minimum atomic E-state index is -0.509. The van der Waals surface area contributed by atoms with Crippen LogP contribution in [0.3, 0.4) is 0 Å². The van der Waals surface area contributed by atoms with Crippen LogP contribution < -0.4 is 9.64 Å². The van der Waals surface area contributed by atoms with Gasteiger partial charge < -0.3 is 19.3 Å². The molecule has 0 radical (unpaired) electrons. The molecule has 9 nitrogen and oxygen atoms in total. The second kappa shape index (κ2) is 11.4. The molecule has 1 aliphatic heterocycles. The highest BCUT2D eigenvalue weighted by atomic mass is 16.6. The number of ether oxygens (including phenoxy) is 2. The first-order valence-electron chi connectivity index (χ1n) is 13.3. The van der Waals surface area contributed by atoms with Crippen molar-refractivity contribution >= 4 is 17.6 Å². The van der Waals surface area contributed by atoms with E-state index in [0.717, 1.165) is 47.0 Å². The maximum Gasteiger partial charge on any atom is 0.410 e. The Morgan fingerprint density at radius 3 is 2.43 bits per heavy atom. The fraction of sp³-hybridized carbons (Fsp3) is 0.571. The van der Waals surface area contributed by atoms with Crippen molar-refractivity contribution in [2.45, 2.75) is 65.9 Å². The first kappa shape index (κ1) is 26.7. The van der Waals surface area contributed by atoms with Crippen LogP contribution in [-0.4, -0.2) is 69.5 Å². The summed E-state index contributed by atoms with van der Waals surface area (Å²) in [6.07, 6.45) is 10.1. The molecule has 0 aromatic carbocycles. The molecular formula is C28H40N6O3. The van der Waals surface area contributed by atoms with E-state index in [1.807, 2.05) is 45.4 Å². The highest BCUT2D eigenvalue weighted by Gasteiger charge is 2.28. The van der Waals surface area contributed by atoms with Crippen LogP contribution in [0.4, 0.5) is 10.6 Å². The molecule has 1 saturated heterocycles. The molecule has 2 aliphatic rings. The van der Waals surface area contributed by atoms with E-state index in [9.17, 15) is 4.79 Å². The van der Waals surface area contributed by atoms with E-state index in [-0.39, 0.29) is 6.09 Å². The molecule has 0 spiro atoms. The smallest absolute Gasteiger partial charge is 0.410 e. The zero-order chi connectivity index (χ0) is 26.6. The van der Waals surface area contributed by atoms with Gasteiger partial charge in [-0.25, -0.2) is 14.3 Å². The van der Waals surface area contributed by atoms with Gasteiger partial charge in [0.05, 0.1) is 19.5 Å². The molecule has 0 unspecified atom stereocenters. The average Bonchev–Trinajstić information content (AvgIpc) is 3.55. The number of aromatic nitrogens is 4. The molecule has 2 fully saturated rings. The van der Waals surface area contributed by atoms with Gasteiger partial charge in [-0.15, -0.1) is 0 Å². The molecule has 0 atom stereocenters. The number of hydrogen-bond acceptors (Lipinski definition) is 7. The number of fused-ring (bicyclic) bond motifs is 1. The van der Waals surface area contributed by atoms with Crippen LogP contribution in [0.2, 0.25) is 0 Å². The van der Waals surface area contributed by atoms with Crippen molar-refractivity contribution < 1.29 is 14.3 Å². The minimum Gasteiger partial charge on any atom is -0.491 e. The lowest BCUT2D eigenvalue weighted by Crippen LogP contribution is -2.50. The standard InChI is InChI=1S/C24H32N6O3.C4H8/c1-6-8-19-17(9-7-10-25-19)18-15-26-30-16-20(32-5)22(27-21(18)30)28-11-13-29(14-12-28)23(31)33-24(2,3)4;1-4-2-3-4/h7,9-10,15-16H,6,8,11-14H2,1-5H3;4H,2-3H2,1H3. The number of aryl methyl sites for hydroxylation is 1. The van der Waals surface area contributed by atoms with Crippen molar-refractivity contribution in [2.24, 2.45) is 5.92 Å². The lowest BCUT2D eigenvalue weighted by Gasteiger charge is -2.36. The van der Waals surface area contributed by atoms with Crippen LogP contribution in [0, 0.1) is 5.92 Å². The monoisotopic (exact) mass is 508 g/mol. The van der Waals surface area contributed by atoms with Gasteiger partial charge in [0.25, 0.3) is 0 Å². The Kier molecular flexibility index (Phi) is 8.19. The molecule has 1 amide bonds. The largest absolute Gasteiger partial charge is 0.491 e. The number of rotatable bonds is 5. The second-order valence-corrected chi connectivity index (χ2v) is 10.8. The van der Waals surface area contributed by atoms with Crippen molar-refractivity contribution in [1.29, 1.82) is 0 Å². The van der Waals surface area contributed by atoms with E-state index in [1.165, 1.54) is 12.8 Å². The second-order valence-electron chi connectivity index (χ2n) is 10.8. The number of piperazine rings is 1. The Morgan fingerprint density at radius 1 is 1.14 bits per heavy atom. The predicted octanol–water partition coefficient (Wildman–Crippen LogP) is 5.23. The lowest BCUT2D eigenvalue weighted by molar-refractivity contribution is 0.0240. The Morgan fingerprint density at radius 2 is 1.84 bits per heavy atom. The van der Waals surface area contributed by atoms with Gasteiger partial charge in [0.2, 0.25) is 0 Å². The van der Waals surface area contributed by atoms with Crippen molar-refractivity contribution in [3.05, 3.63) is 36.4 Å². The maximum atomic E-state index is 12.4. The Bertz CT molecular complexity index is 1210. The summed E-state index contributed by atoms with van der Waals surface area (Å²) in [5.41, 5.74) is 3.28. The van der Waals surface area contributed by atoms with E-state index < -0.39 is 5.60 Å². The first-order valence-corrected chi connectivity index (χ1v) is 13.3. The van der Waals surface area contributed by atoms with Crippen LogP contribution in [-0.2, 0) is 11.2 Å². The lowest BCUT2D eigenvalue weighted by atomic mass is 10.0. The highest BCUT2D eigenvalue weighted by Crippen LogP contribution is 2.32. The average molecular weight is 509 g/mol. The van der Waals surface area contributed by atoms with Gasteiger partial charge in [0.1, 0.15) is 5.60 Å². The van der Waals surface area contributed by atoms with Gasteiger partial charge >= 0.3 is 6.09 Å². The molecule has 3 aromatic rings. The molecule has 5 rings (SSSR count). The normalized spacial score (nSPS) is 15.8. The van der Waals surface area contributed by atoms with E-state index in [2.05, 4.69) is 34.9 Å². The van der Waals surface area contributed by atoms with E-state index in [4.69, 9.17) is 14.5 Å². The molecule has 4 heterocycles. The van der Waals surface area contributed by atoms with Gasteiger partial charge in [-0.2, -0.15) is 5.10 Å². The van der Waals surface area contributed by atoms with Crippen molar-refractivity contribution in [2.75, 3.05) is 38.2 Å². The summed E-state index contributed by atoms with van der Waals surface area (Å²) in [7, 11) is 1.63. The van der Waals surface area contributed by atoms with Crippen LogP contribution in [0.15, 0.2) is 30.7 Å². The summed E-state index contributed by atoms with van der Waals surface area (Å²) < 4.78 is 12.9. The third-order valence-electron chi connectivity index (χ3n) is 6.42. The SMILES string of the molecule is CC1CC1.CCCc1ncccc1-c1cnn2cc(OC)c(N3CCN(C(=O)OC(C)(C)C)CC3)nc12. The van der Waals surface area contributed by atoms with Crippen LogP contribution in [0.25, 0.3) is 16.8 Å². The molecule has 200 valence electrons. The Labute approximate surface area is 219 Å². The predicted molar refractivity (Wildman–Crippen MR) is 145 cm³/mol. The van der Waals surface area contributed by atoms with Gasteiger partial charge in [0, 0.05) is 49.2 Å². The van der Waals surface area contributed by atoms with Gasteiger partial charge in [-0.1, -0.05) is 39.2 Å². The molecule has 1 saturated carbocycles. The highest BCUT2D eigenvalue weighted by molar-refractivity contribution is 5.80. The molecule has 1 aliphatic carbocycles. The van der Waals surface area contributed by atoms with Crippen molar-refractivity contribution in [1.82, 2.24) is 24.5 Å². The summed E-state index contributed by atoms with van der Waals surface area (Å²) in [6.45, 7) is 12.4. The number of hydrogen-bond donors (Lipinski definition) is 0. The molecular weight excluding hydrogens is 468 g/mol. The number of carbonyl (C=O) groups is 1. The third-order valence-corrected chi connectivity index (χ3v) is 6.42. The number of amides is 1. The topological polar surface area (TPSA) is 85.1 Å². The Hall–Kier alpha value is -3.36. The zero-order valence-corrected chi connectivity index (χ0v) is 23.0. The summed E-state index contributed by atoms with van der Waals surface area (Å²) >= 11 is 0. The number of pyridine rings is 1. The van der Waals surface area contributed by atoms with Gasteiger partial charge in [-0.3, -0.25) is 4.98 Å². The van der Waals surface area contributed by atoms with Crippen molar-refractivity contribution in [3.8, 4) is 16.9 Å².